The molecular weight excluding hydrogens is 360 g/mol. The van der Waals surface area contributed by atoms with Gasteiger partial charge in [0.25, 0.3) is 0 Å². The average molecular weight is 386 g/mol. The van der Waals surface area contributed by atoms with E-state index < -0.39 is 5.97 Å². The van der Waals surface area contributed by atoms with Crippen molar-refractivity contribution in [3.8, 4) is 5.75 Å². The first-order valence-electron chi connectivity index (χ1n) is 10.8. The molecule has 29 heavy (non-hydrogen) atoms. The summed E-state index contributed by atoms with van der Waals surface area (Å²) in [5.74, 6) is 2.32. The number of carboxylic acids is 1. The molecule has 4 fully saturated rings. The molecule has 148 valence electrons. The molecule has 2 unspecified atom stereocenters. The third kappa shape index (κ3) is 2.16. The third-order valence-electron chi connectivity index (χ3n) is 8.90. The summed E-state index contributed by atoms with van der Waals surface area (Å²) in [6, 6.07) is 13.1. The number of rotatable bonds is 4. The molecule has 0 radical (unpaired) electrons. The lowest BCUT2D eigenvalue weighted by molar-refractivity contribution is -0.175. The molecule has 2 atom stereocenters. The number of benzene rings is 2. The van der Waals surface area contributed by atoms with Crippen molar-refractivity contribution in [2.75, 3.05) is 0 Å². The second-order valence-electron chi connectivity index (χ2n) is 10.0. The van der Waals surface area contributed by atoms with Crippen LogP contribution >= 0.6 is 0 Å². The predicted octanol–water partition coefficient (Wildman–Crippen LogP) is 5.73. The summed E-state index contributed by atoms with van der Waals surface area (Å²) in [4.78, 5) is 11.1. The number of carboxylic acid groups (broad SMARTS) is 1. The van der Waals surface area contributed by atoms with Crippen LogP contribution < -0.4 is 0 Å². The molecule has 2 N–H and O–H groups in total. The number of allylic oxidation sites excluding steroid dienone is 1. The van der Waals surface area contributed by atoms with Crippen LogP contribution in [-0.2, 0) is 5.41 Å². The van der Waals surface area contributed by atoms with Gasteiger partial charge in [0.1, 0.15) is 5.75 Å². The van der Waals surface area contributed by atoms with E-state index in [2.05, 4.69) is 19.1 Å². The van der Waals surface area contributed by atoms with E-state index in [1.54, 1.807) is 12.1 Å². The molecule has 0 aromatic heterocycles. The van der Waals surface area contributed by atoms with Gasteiger partial charge in [0.15, 0.2) is 0 Å². The van der Waals surface area contributed by atoms with Crippen LogP contribution in [0.3, 0.4) is 0 Å². The first kappa shape index (κ1) is 17.3. The Morgan fingerprint density at radius 3 is 2.24 bits per heavy atom. The Labute approximate surface area is 171 Å². The first-order chi connectivity index (χ1) is 13.9. The highest BCUT2D eigenvalue weighted by Crippen LogP contribution is 2.84. The number of carbonyl (C=O) groups is 1. The van der Waals surface area contributed by atoms with Crippen LogP contribution in [0.15, 0.2) is 42.5 Å². The fraction of sp³-hybridized carbons (Fsp3) is 0.423. The fourth-order valence-corrected chi connectivity index (χ4v) is 7.65. The smallest absolute Gasteiger partial charge is 0.335 e. The molecule has 4 saturated carbocycles. The van der Waals surface area contributed by atoms with E-state index in [0.29, 0.717) is 16.7 Å². The summed E-state index contributed by atoms with van der Waals surface area (Å²) in [6.07, 6.45) is 8.74. The zero-order valence-corrected chi connectivity index (χ0v) is 16.7. The van der Waals surface area contributed by atoms with Gasteiger partial charge in [-0.15, -0.1) is 0 Å². The second-order valence-corrected chi connectivity index (χ2v) is 10.0. The molecule has 0 amide bonds. The highest BCUT2D eigenvalue weighted by molar-refractivity contribution is 5.88. The van der Waals surface area contributed by atoms with Gasteiger partial charge in [-0.05, 0) is 103 Å². The van der Waals surface area contributed by atoms with Crippen molar-refractivity contribution in [2.45, 2.75) is 44.4 Å². The highest BCUT2D eigenvalue weighted by atomic mass is 16.4. The van der Waals surface area contributed by atoms with Gasteiger partial charge in [-0.2, -0.15) is 0 Å². The lowest BCUT2D eigenvalue weighted by Gasteiger charge is -2.66. The van der Waals surface area contributed by atoms with Crippen LogP contribution in [0.2, 0.25) is 0 Å². The summed E-state index contributed by atoms with van der Waals surface area (Å²) in [5, 5.41) is 19.9. The Bertz CT molecular complexity index is 1050. The molecule has 3 nitrogen and oxygen atoms in total. The number of hydrogen-bond donors (Lipinski definition) is 2. The molecular formula is C26H26O3. The summed E-state index contributed by atoms with van der Waals surface area (Å²) < 4.78 is 0. The Kier molecular flexibility index (Phi) is 3.30. The average Bonchev–Trinajstić information content (AvgIpc) is 3.17. The molecule has 6 rings (SSSR count). The van der Waals surface area contributed by atoms with E-state index in [1.165, 1.54) is 37.7 Å². The molecule has 2 aromatic rings. The number of aromatic carboxylic acids is 1. The summed E-state index contributed by atoms with van der Waals surface area (Å²) >= 11 is 0. The number of aromatic hydroxyl groups is 1. The molecule has 4 aliphatic carbocycles. The molecule has 4 aliphatic rings. The van der Waals surface area contributed by atoms with Crippen LogP contribution in [0.25, 0.3) is 11.6 Å². The molecule has 0 heterocycles. The Balaban J connectivity index is 1.33. The lowest BCUT2D eigenvalue weighted by Crippen LogP contribution is -2.59. The van der Waals surface area contributed by atoms with E-state index in [1.807, 2.05) is 24.3 Å². The number of hydrogen-bond acceptors (Lipinski definition) is 2. The molecule has 2 bridgehead atoms. The summed E-state index contributed by atoms with van der Waals surface area (Å²) in [6.45, 7) is 2.09. The van der Waals surface area contributed by atoms with Crippen LogP contribution in [-0.4, -0.2) is 16.2 Å². The maximum atomic E-state index is 11.1. The zero-order valence-electron chi connectivity index (χ0n) is 16.7. The summed E-state index contributed by atoms with van der Waals surface area (Å²) in [5.41, 5.74) is 5.55. The normalized spacial score (nSPS) is 36.3. The Morgan fingerprint density at radius 1 is 1.00 bits per heavy atom. The van der Waals surface area contributed by atoms with Gasteiger partial charge < -0.3 is 10.2 Å². The van der Waals surface area contributed by atoms with Gasteiger partial charge in [0, 0.05) is 11.0 Å². The minimum atomic E-state index is -0.905. The minimum absolute atomic E-state index is 0.185. The van der Waals surface area contributed by atoms with Crippen LogP contribution in [0.5, 0.6) is 5.75 Å². The van der Waals surface area contributed by atoms with E-state index in [-0.39, 0.29) is 5.41 Å². The van der Waals surface area contributed by atoms with Gasteiger partial charge in [-0.25, -0.2) is 4.79 Å². The van der Waals surface area contributed by atoms with Crippen molar-refractivity contribution in [2.24, 2.45) is 23.2 Å². The van der Waals surface area contributed by atoms with Gasteiger partial charge in [0.05, 0.1) is 5.56 Å². The van der Waals surface area contributed by atoms with E-state index in [4.69, 9.17) is 5.11 Å². The van der Waals surface area contributed by atoms with Crippen molar-refractivity contribution in [1.29, 1.82) is 0 Å². The third-order valence-corrected chi connectivity index (χ3v) is 8.90. The SMILES string of the molecule is CC(=Cc1ccc(C(=O)O)cc1)c1ccc(O)c(C23CC4CC5CC(C2)C54C3)c1. The van der Waals surface area contributed by atoms with Crippen molar-refractivity contribution in [3.63, 3.8) is 0 Å². The van der Waals surface area contributed by atoms with Crippen LogP contribution in [0, 0.1) is 23.2 Å². The van der Waals surface area contributed by atoms with E-state index >= 15 is 0 Å². The van der Waals surface area contributed by atoms with Crippen molar-refractivity contribution in [1.82, 2.24) is 0 Å². The van der Waals surface area contributed by atoms with Crippen LogP contribution in [0.4, 0.5) is 0 Å². The zero-order chi connectivity index (χ0) is 20.0. The first-order valence-corrected chi connectivity index (χ1v) is 10.8. The quantitative estimate of drug-likeness (QED) is 0.660. The Hall–Kier alpha value is -2.55. The maximum absolute atomic E-state index is 11.1. The van der Waals surface area contributed by atoms with Crippen molar-refractivity contribution in [3.05, 3.63) is 64.7 Å². The molecule has 3 heteroatoms. The molecule has 1 spiro atoms. The van der Waals surface area contributed by atoms with Gasteiger partial charge in [-0.1, -0.05) is 24.3 Å². The van der Waals surface area contributed by atoms with Gasteiger partial charge in [-0.3, -0.25) is 0 Å². The molecule has 2 aromatic carbocycles. The minimum Gasteiger partial charge on any atom is -0.508 e. The fourth-order valence-electron chi connectivity index (χ4n) is 7.65. The topological polar surface area (TPSA) is 57.5 Å². The van der Waals surface area contributed by atoms with E-state index in [9.17, 15) is 9.90 Å². The Morgan fingerprint density at radius 2 is 1.66 bits per heavy atom. The largest absolute Gasteiger partial charge is 0.508 e. The molecule has 0 aliphatic heterocycles. The number of fused-ring (bicyclic) bond motifs is 1. The standard InChI is InChI=1S/C26H26O3/c1-15(8-16-2-4-17(5-3-16)24(28)29)18-6-7-23(27)22(9-18)25-12-20-10-19-11-21(13-25)26(19,20)14-25/h2-9,19-21,27H,10-14H2,1H3,(H,28,29). The second kappa shape index (κ2) is 5.53. The number of phenols is 1. The lowest BCUT2D eigenvalue weighted by atomic mass is 9.38. The summed E-state index contributed by atoms with van der Waals surface area (Å²) in [7, 11) is 0. The van der Waals surface area contributed by atoms with Gasteiger partial charge in [0.2, 0.25) is 0 Å². The predicted molar refractivity (Wildman–Crippen MR) is 113 cm³/mol. The molecule has 0 saturated heterocycles. The van der Waals surface area contributed by atoms with Gasteiger partial charge >= 0.3 is 5.97 Å². The van der Waals surface area contributed by atoms with Crippen molar-refractivity contribution >= 4 is 17.6 Å². The highest BCUT2D eigenvalue weighted by Gasteiger charge is 2.77. The van der Waals surface area contributed by atoms with Crippen LogP contribution in [0.1, 0.15) is 66.1 Å². The van der Waals surface area contributed by atoms with Crippen molar-refractivity contribution < 1.29 is 15.0 Å². The monoisotopic (exact) mass is 386 g/mol. The van der Waals surface area contributed by atoms with E-state index in [0.717, 1.165) is 34.5 Å². The maximum Gasteiger partial charge on any atom is 0.335 e. The number of phenolic OH excluding ortho intramolecular Hbond substituents is 1.